The van der Waals surface area contributed by atoms with Gasteiger partial charge in [0.05, 0.1) is 11.1 Å². The number of imidazole rings is 1. The normalized spacial score (nSPS) is 13.5. The Kier molecular flexibility index (Phi) is 2.79. The predicted molar refractivity (Wildman–Crippen MR) is 68.0 cm³/mol. The highest BCUT2D eigenvalue weighted by Crippen LogP contribution is 2.21. The fraction of sp³-hybridized carbons (Fsp3) is 0.0769. The van der Waals surface area contributed by atoms with Crippen molar-refractivity contribution in [2.45, 2.75) is 0 Å². The summed E-state index contributed by atoms with van der Waals surface area (Å²) in [6.45, 7) is -0.177. The summed E-state index contributed by atoms with van der Waals surface area (Å²) in [6, 6.07) is 6.11. The Hall–Kier alpha value is -2.96. The summed E-state index contributed by atoms with van der Waals surface area (Å²) in [6.07, 6.45) is 4.26. The second kappa shape index (κ2) is 4.61. The van der Waals surface area contributed by atoms with Gasteiger partial charge in [0.25, 0.3) is 11.8 Å². The molecule has 20 heavy (non-hydrogen) atoms. The zero-order chi connectivity index (χ0) is 14.1. The van der Waals surface area contributed by atoms with Gasteiger partial charge in [-0.05, 0) is 12.1 Å². The Bertz CT molecular complexity index is 658. The molecule has 2 heterocycles. The van der Waals surface area contributed by atoms with Crippen LogP contribution >= 0.6 is 0 Å². The Morgan fingerprint density at radius 3 is 2.35 bits per heavy atom. The average Bonchev–Trinajstić information content (AvgIpc) is 3.07. The molecular formula is C13H10N4O3. The van der Waals surface area contributed by atoms with Crippen LogP contribution in [0.15, 0.2) is 43.0 Å². The van der Waals surface area contributed by atoms with Crippen LogP contribution < -0.4 is 5.32 Å². The van der Waals surface area contributed by atoms with Crippen LogP contribution in [0.25, 0.3) is 0 Å². The van der Waals surface area contributed by atoms with Gasteiger partial charge in [-0.25, -0.2) is 9.78 Å². The zero-order valence-electron chi connectivity index (χ0n) is 10.3. The van der Waals surface area contributed by atoms with Crippen LogP contribution in [0.5, 0.6) is 0 Å². The van der Waals surface area contributed by atoms with Crippen molar-refractivity contribution in [3.05, 3.63) is 54.1 Å². The van der Waals surface area contributed by atoms with E-state index >= 15 is 0 Å². The highest BCUT2D eigenvalue weighted by molar-refractivity contribution is 6.21. The van der Waals surface area contributed by atoms with E-state index in [0.717, 1.165) is 4.90 Å². The van der Waals surface area contributed by atoms with Crippen LogP contribution in [0, 0.1) is 0 Å². The monoisotopic (exact) mass is 270 g/mol. The first-order chi connectivity index (χ1) is 9.68. The number of carbonyl (C=O) groups excluding carboxylic acids is 3. The Morgan fingerprint density at radius 1 is 1.15 bits per heavy atom. The highest BCUT2D eigenvalue weighted by atomic mass is 16.2. The number of carbonyl (C=O) groups is 3. The predicted octanol–water partition coefficient (Wildman–Crippen LogP) is 0.695. The van der Waals surface area contributed by atoms with Crippen LogP contribution in [0.4, 0.5) is 4.79 Å². The van der Waals surface area contributed by atoms with Gasteiger partial charge in [0, 0.05) is 12.4 Å². The number of benzene rings is 1. The molecule has 7 heteroatoms. The molecule has 1 aliphatic rings. The first-order valence-corrected chi connectivity index (χ1v) is 5.90. The molecule has 3 rings (SSSR count). The fourth-order valence-electron chi connectivity index (χ4n) is 2.00. The molecule has 2 aromatic rings. The summed E-state index contributed by atoms with van der Waals surface area (Å²) >= 11 is 0. The molecule has 1 aromatic carbocycles. The number of hydrogen-bond acceptors (Lipinski definition) is 4. The topological polar surface area (TPSA) is 84.3 Å². The number of amides is 3. The van der Waals surface area contributed by atoms with E-state index in [9.17, 15) is 14.4 Å². The number of aromatic nitrogens is 2. The SMILES string of the molecule is O=C1c2ccccc2C(=O)N1CNC(=O)n1ccnc1. The van der Waals surface area contributed by atoms with E-state index in [0.29, 0.717) is 11.1 Å². The third kappa shape index (κ3) is 1.85. The molecule has 0 aliphatic carbocycles. The van der Waals surface area contributed by atoms with Crippen molar-refractivity contribution in [1.82, 2.24) is 19.8 Å². The number of nitrogens with one attached hydrogen (secondary N) is 1. The third-order valence-corrected chi connectivity index (χ3v) is 3.01. The van der Waals surface area contributed by atoms with Gasteiger partial charge in [-0.2, -0.15) is 0 Å². The van der Waals surface area contributed by atoms with Gasteiger partial charge in [0.15, 0.2) is 0 Å². The highest BCUT2D eigenvalue weighted by Gasteiger charge is 2.35. The fourth-order valence-corrected chi connectivity index (χ4v) is 2.00. The van der Waals surface area contributed by atoms with Gasteiger partial charge in [-0.1, -0.05) is 12.1 Å². The second-order valence-corrected chi connectivity index (χ2v) is 4.19. The number of hydrogen-bond donors (Lipinski definition) is 1. The lowest BCUT2D eigenvalue weighted by Gasteiger charge is -2.14. The second-order valence-electron chi connectivity index (χ2n) is 4.19. The summed E-state index contributed by atoms with van der Waals surface area (Å²) in [5.41, 5.74) is 0.712. The molecular weight excluding hydrogens is 260 g/mol. The smallest absolute Gasteiger partial charge is 0.319 e. The molecule has 3 amide bonds. The van der Waals surface area contributed by atoms with E-state index in [1.54, 1.807) is 24.3 Å². The zero-order valence-corrected chi connectivity index (χ0v) is 10.3. The standard InChI is InChI=1S/C13H10N4O3/c18-11-9-3-1-2-4-10(9)12(19)17(11)8-15-13(20)16-6-5-14-7-16/h1-7H,8H2,(H,15,20). The molecule has 0 saturated carbocycles. The Labute approximate surface area is 113 Å². The molecule has 0 fully saturated rings. The first-order valence-electron chi connectivity index (χ1n) is 5.90. The molecule has 0 radical (unpaired) electrons. The van der Waals surface area contributed by atoms with Crippen molar-refractivity contribution >= 4 is 17.8 Å². The molecule has 0 bridgehead atoms. The molecule has 0 saturated heterocycles. The summed E-state index contributed by atoms with van der Waals surface area (Å²) in [5.74, 6) is -0.812. The minimum atomic E-state index is -0.459. The minimum absolute atomic E-state index is 0.177. The van der Waals surface area contributed by atoms with Crippen molar-refractivity contribution in [3.8, 4) is 0 Å². The molecule has 1 aliphatic heterocycles. The van der Waals surface area contributed by atoms with Crippen LogP contribution in [0.3, 0.4) is 0 Å². The quantitative estimate of drug-likeness (QED) is 0.814. The molecule has 0 spiro atoms. The molecule has 0 atom stereocenters. The summed E-state index contributed by atoms with van der Waals surface area (Å²) < 4.78 is 1.22. The van der Waals surface area contributed by atoms with Crippen molar-refractivity contribution in [2.24, 2.45) is 0 Å². The summed E-state index contributed by atoms with van der Waals surface area (Å²) in [5, 5.41) is 2.49. The van der Waals surface area contributed by atoms with Gasteiger partial charge in [-0.3, -0.25) is 19.1 Å². The summed E-state index contributed by atoms with van der Waals surface area (Å²) in [7, 11) is 0. The van der Waals surface area contributed by atoms with Crippen molar-refractivity contribution in [1.29, 1.82) is 0 Å². The van der Waals surface area contributed by atoms with Crippen LogP contribution in [-0.4, -0.2) is 39.0 Å². The lowest BCUT2D eigenvalue weighted by atomic mass is 10.1. The van der Waals surface area contributed by atoms with E-state index in [1.807, 2.05) is 0 Å². The molecule has 1 N–H and O–H groups in total. The van der Waals surface area contributed by atoms with Crippen LogP contribution in [0.2, 0.25) is 0 Å². The van der Waals surface area contributed by atoms with Crippen molar-refractivity contribution in [3.63, 3.8) is 0 Å². The Balaban J connectivity index is 1.73. The lowest BCUT2D eigenvalue weighted by Crippen LogP contribution is -2.42. The maximum atomic E-state index is 12.0. The summed E-state index contributed by atoms with van der Waals surface area (Å²) in [4.78, 5) is 40.5. The first kappa shape index (κ1) is 12.1. The number of fused-ring (bicyclic) bond motifs is 1. The van der Waals surface area contributed by atoms with Crippen LogP contribution in [0.1, 0.15) is 20.7 Å². The van der Waals surface area contributed by atoms with Crippen molar-refractivity contribution in [2.75, 3.05) is 6.67 Å². The molecule has 1 aromatic heterocycles. The lowest BCUT2D eigenvalue weighted by molar-refractivity contribution is 0.0647. The van der Waals surface area contributed by atoms with E-state index in [4.69, 9.17) is 0 Å². The average molecular weight is 270 g/mol. The van der Waals surface area contributed by atoms with Crippen molar-refractivity contribution < 1.29 is 14.4 Å². The number of imide groups is 1. The van der Waals surface area contributed by atoms with Gasteiger partial charge >= 0.3 is 6.03 Å². The molecule has 7 nitrogen and oxygen atoms in total. The third-order valence-electron chi connectivity index (χ3n) is 3.01. The maximum Gasteiger partial charge on any atom is 0.328 e. The van der Waals surface area contributed by atoms with Gasteiger partial charge < -0.3 is 5.32 Å². The van der Waals surface area contributed by atoms with Crippen LogP contribution in [-0.2, 0) is 0 Å². The van der Waals surface area contributed by atoms with E-state index in [1.165, 1.54) is 23.3 Å². The van der Waals surface area contributed by atoms with E-state index in [2.05, 4.69) is 10.3 Å². The number of rotatable bonds is 2. The largest absolute Gasteiger partial charge is 0.328 e. The molecule has 100 valence electrons. The Morgan fingerprint density at radius 2 is 1.80 bits per heavy atom. The molecule has 0 unspecified atom stereocenters. The van der Waals surface area contributed by atoms with Gasteiger partial charge in [0.2, 0.25) is 0 Å². The maximum absolute atomic E-state index is 12.0. The van der Waals surface area contributed by atoms with E-state index in [-0.39, 0.29) is 6.67 Å². The minimum Gasteiger partial charge on any atom is -0.319 e. The van der Waals surface area contributed by atoms with Gasteiger partial charge in [-0.15, -0.1) is 0 Å². The van der Waals surface area contributed by atoms with Gasteiger partial charge in [0.1, 0.15) is 13.0 Å². The van der Waals surface area contributed by atoms with E-state index < -0.39 is 17.8 Å². The number of nitrogens with zero attached hydrogens (tertiary/aromatic N) is 3.